The van der Waals surface area contributed by atoms with E-state index in [2.05, 4.69) is 32.4 Å². The van der Waals surface area contributed by atoms with Gasteiger partial charge >= 0.3 is 6.09 Å². The van der Waals surface area contributed by atoms with Crippen LogP contribution in [0.2, 0.25) is 24.7 Å². The van der Waals surface area contributed by atoms with Gasteiger partial charge in [-0.3, -0.25) is 15.0 Å². The van der Waals surface area contributed by atoms with Crippen LogP contribution < -0.4 is 5.48 Å². The third kappa shape index (κ3) is 7.59. The number of carbonyl (C=O) groups excluding carboxylic acids is 1. The fraction of sp³-hybridized carbons (Fsp3) is 0.650. The fourth-order valence-corrected chi connectivity index (χ4v) is 7.37. The highest BCUT2D eigenvalue weighted by molar-refractivity contribution is 6.78. The molecule has 0 radical (unpaired) electrons. The lowest BCUT2D eigenvalue weighted by molar-refractivity contribution is -0.385. The highest BCUT2D eigenvalue weighted by atomic mass is 28.3. The zero-order valence-electron chi connectivity index (χ0n) is 17.7. The maximum absolute atomic E-state index is 11.8. The minimum atomic E-state index is -1.27. The predicted octanol–water partition coefficient (Wildman–Crippen LogP) is 5.64. The van der Waals surface area contributed by atoms with Crippen LogP contribution >= 0.6 is 0 Å². The van der Waals surface area contributed by atoms with E-state index in [0.29, 0.717) is 12.2 Å². The van der Waals surface area contributed by atoms with Gasteiger partial charge in [-0.15, -0.1) is 0 Å². The van der Waals surface area contributed by atoms with Crippen molar-refractivity contribution in [3.63, 3.8) is 0 Å². The zero-order valence-corrected chi connectivity index (χ0v) is 18.7. The first-order valence-corrected chi connectivity index (χ1v) is 13.3. The van der Waals surface area contributed by atoms with E-state index in [0.717, 1.165) is 18.0 Å². The Kier molecular flexibility index (Phi) is 10.2. The molecular weight excluding hydrogens is 376 g/mol. The van der Waals surface area contributed by atoms with Crippen LogP contribution in [0, 0.1) is 10.1 Å². The molecule has 0 saturated carbocycles. The number of hydrogen-bond donors (Lipinski definition) is 1. The molecule has 0 spiro atoms. The third-order valence-electron chi connectivity index (χ3n) is 5.44. The number of carbonyl (C=O) groups is 1. The van der Waals surface area contributed by atoms with Gasteiger partial charge in [0.1, 0.15) is 6.61 Å². The van der Waals surface area contributed by atoms with Crippen molar-refractivity contribution in [1.82, 2.24) is 5.48 Å². The summed E-state index contributed by atoms with van der Waals surface area (Å²) in [5.41, 5.74) is 3.67. The largest absolute Gasteiger partial charge is 0.447 e. The number of nitro benzene ring substituents is 1. The van der Waals surface area contributed by atoms with Crippen molar-refractivity contribution in [1.29, 1.82) is 0 Å². The van der Waals surface area contributed by atoms with E-state index >= 15 is 0 Å². The fourth-order valence-electron chi connectivity index (χ4n) is 3.70. The molecule has 8 heteroatoms. The highest BCUT2D eigenvalue weighted by Gasteiger charge is 2.28. The summed E-state index contributed by atoms with van der Waals surface area (Å²) in [6, 6.07) is 7.62. The van der Waals surface area contributed by atoms with Gasteiger partial charge in [-0.1, -0.05) is 71.0 Å². The number of ether oxygens (including phenoxy) is 1. The van der Waals surface area contributed by atoms with Gasteiger partial charge in [0.25, 0.3) is 5.69 Å². The van der Waals surface area contributed by atoms with E-state index < -0.39 is 19.1 Å². The van der Waals surface area contributed by atoms with Crippen molar-refractivity contribution in [2.75, 3.05) is 13.2 Å². The number of hydroxylamine groups is 1. The summed E-state index contributed by atoms with van der Waals surface area (Å²) in [6.07, 6.45) is 2.67. The lowest BCUT2D eigenvalue weighted by Crippen LogP contribution is -2.33. The molecular formula is C20H34N2O5Si. The smallest absolute Gasteiger partial charge is 0.431 e. The summed E-state index contributed by atoms with van der Waals surface area (Å²) >= 11 is 0. The summed E-state index contributed by atoms with van der Waals surface area (Å²) in [4.78, 5) is 27.7. The number of amides is 1. The van der Waals surface area contributed by atoms with E-state index in [-0.39, 0.29) is 18.2 Å². The van der Waals surface area contributed by atoms with E-state index in [1.54, 1.807) is 25.1 Å². The standard InChI is InChI=1S/C20H34N2O5Si/c1-6-17(7-2)28(4,5)14-10-13-27-21-20(23)26-15-16(3)18-11-8-9-12-19(18)22(24)25/h8-9,11-12,16-17H,6-7,10,13-15H2,1-5H3,(H,21,23). The number of para-hydroxylation sites is 1. The van der Waals surface area contributed by atoms with Crippen LogP contribution in [0.25, 0.3) is 0 Å². The molecule has 1 rings (SSSR count). The second kappa shape index (κ2) is 11.8. The topological polar surface area (TPSA) is 90.7 Å². The molecule has 0 aliphatic carbocycles. The van der Waals surface area contributed by atoms with Crippen LogP contribution in [0.15, 0.2) is 24.3 Å². The minimum absolute atomic E-state index is 0.0273. The first kappa shape index (κ1) is 24.1. The van der Waals surface area contributed by atoms with Crippen LogP contribution in [0.4, 0.5) is 10.5 Å². The van der Waals surface area contributed by atoms with Gasteiger partial charge in [0.15, 0.2) is 0 Å². The van der Waals surface area contributed by atoms with Crippen molar-refractivity contribution in [2.24, 2.45) is 0 Å². The second-order valence-corrected chi connectivity index (χ2v) is 13.2. The Bertz CT molecular complexity index is 635. The first-order valence-electron chi connectivity index (χ1n) is 10.0. The van der Waals surface area contributed by atoms with Gasteiger partial charge in [-0.25, -0.2) is 4.79 Å². The first-order chi connectivity index (χ1) is 13.2. The van der Waals surface area contributed by atoms with Gasteiger partial charge in [0.05, 0.1) is 19.6 Å². The number of hydrogen-bond acceptors (Lipinski definition) is 5. The Balaban J connectivity index is 2.32. The molecule has 0 heterocycles. The lowest BCUT2D eigenvalue weighted by Gasteiger charge is -2.31. The second-order valence-electron chi connectivity index (χ2n) is 7.87. The van der Waals surface area contributed by atoms with E-state index in [9.17, 15) is 14.9 Å². The molecule has 158 valence electrons. The van der Waals surface area contributed by atoms with Crippen LogP contribution in [0.1, 0.15) is 51.5 Å². The number of nitro groups is 1. The van der Waals surface area contributed by atoms with Crippen LogP contribution in [-0.4, -0.2) is 32.3 Å². The van der Waals surface area contributed by atoms with Gasteiger partial charge in [0.2, 0.25) is 0 Å². The van der Waals surface area contributed by atoms with Crippen molar-refractivity contribution in [3.05, 3.63) is 39.9 Å². The van der Waals surface area contributed by atoms with Gasteiger partial charge in [-0.05, 0) is 12.0 Å². The number of benzene rings is 1. The average molecular weight is 411 g/mol. The molecule has 1 atom stereocenters. The molecule has 0 aliphatic rings. The van der Waals surface area contributed by atoms with Crippen molar-refractivity contribution in [3.8, 4) is 0 Å². The molecule has 28 heavy (non-hydrogen) atoms. The summed E-state index contributed by atoms with van der Waals surface area (Å²) in [6.45, 7) is 11.6. The van der Waals surface area contributed by atoms with Crippen molar-refractivity contribution >= 4 is 19.9 Å². The number of nitrogens with zero attached hydrogens (tertiary/aromatic N) is 1. The van der Waals surface area contributed by atoms with E-state index in [1.807, 2.05) is 0 Å². The maximum Gasteiger partial charge on any atom is 0.431 e. The Labute approximate surface area is 168 Å². The number of rotatable bonds is 12. The van der Waals surface area contributed by atoms with Crippen LogP contribution in [0.5, 0.6) is 0 Å². The summed E-state index contributed by atoms with van der Waals surface area (Å²) in [5, 5.41) is 11.1. The van der Waals surface area contributed by atoms with Gasteiger partial charge < -0.3 is 4.74 Å². The Morgan fingerprint density at radius 1 is 1.25 bits per heavy atom. The van der Waals surface area contributed by atoms with E-state index in [4.69, 9.17) is 9.57 Å². The van der Waals surface area contributed by atoms with Crippen LogP contribution in [0.3, 0.4) is 0 Å². The average Bonchev–Trinajstić information content (AvgIpc) is 2.66. The molecule has 0 aromatic heterocycles. The Hall–Kier alpha value is -1.93. The molecule has 1 aromatic carbocycles. The summed E-state index contributed by atoms with van der Waals surface area (Å²) in [5.74, 6) is -0.292. The highest BCUT2D eigenvalue weighted by Crippen LogP contribution is 2.32. The van der Waals surface area contributed by atoms with Gasteiger partial charge in [0, 0.05) is 17.5 Å². The molecule has 0 fully saturated rings. The predicted molar refractivity (Wildman–Crippen MR) is 113 cm³/mol. The minimum Gasteiger partial charge on any atom is -0.447 e. The molecule has 0 aliphatic heterocycles. The Morgan fingerprint density at radius 2 is 1.89 bits per heavy atom. The molecule has 0 bridgehead atoms. The molecule has 1 N–H and O–H groups in total. The van der Waals surface area contributed by atoms with Gasteiger partial charge in [-0.2, -0.15) is 5.48 Å². The summed E-state index contributed by atoms with van der Waals surface area (Å²) in [7, 11) is -1.27. The molecule has 1 unspecified atom stereocenters. The molecule has 1 aromatic rings. The Morgan fingerprint density at radius 3 is 2.50 bits per heavy atom. The SMILES string of the molecule is CCC(CC)[Si](C)(C)CCCONC(=O)OCC(C)c1ccccc1[N+](=O)[O-]. The third-order valence-corrected chi connectivity index (χ3v) is 10.1. The van der Waals surface area contributed by atoms with Crippen LogP contribution in [-0.2, 0) is 9.57 Å². The molecule has 7 nitrogen and oxygen atoms in total. The van der Waals surface area contributed by atoms with E-state index in [1.165, 1.54) is 18.9 Å². The molecule has 1 amide bonds. The van der Waals surface area contributed by atoms with Crippen molar-refractivity contribution in [2.45, 2.75) is 70.6 Å². The zero-order chi connectivity index (χ0) is 21.2. The van der Waals surface area contributed by atoms with Crippen molar-refractivity contribution < 1.29 is 19.3 Å². The quantitative estimate of drug-likeness (QED) is 0.208. The maximum atomic E-state index is 11.8. The monoisotopic (exact) mass is 410 g/mol. The lowest BCUT2D eigenvalue weighted by atomic mass is 10.0. The molecule has 0 saturated heterocycles. The summed E-state index contributed by atoms with van der Waals surface area (Å²) < 4.78 is 5.12. The normalized spacial score (nSPS) is 12.6. The number of nitrogens with one attached hydrogen (secondary N) is 1.